The third-order valence-corrected chi connectivity index (χ3v) is 5.00. The maximum Gasteiger partial charge on any atom is 0.326 e. The lowest BCUT2D eigenvalue weighted by atomic mass is 9.98. The van der Waals surface area contributed by atoms with Crippen LogP contribution in [-0.2, 0) is 11.3 Å². The first-order chi connectivity index (χ1) is 10.6. The Kier molecular flexibility index (Phi) is 4.18. The third kappa shape index (κ3) is 2.74. The summed E-state index contributed by atoms with van der Waals surface area (Å²) in [6.45, 7) is 2.89. The van der Waals surface area contributed by atoms with E-state index in [1.165, 1.54) is 0 Å². The summed E-state index contributed by atoms with van der Waals surface area (Å²) in [5.74, 6) is 0.0767. The van der Waals surface area contributed by atoms with Crippen molar-refractivity contribution in [3.63, 3.8) is 0 Å². The Bertz CT molecular complexity index is 575. The molecule has 1 amide bonds. The quantitative estimate of drug-likeness (QED) is 0.892. The molecule has 0 spiro atoms. The molecule has 3 rings (SSSR count). The lowest BCUT2D eigenvalue weighted by Crippen LogP contribution is -2.45. The van der Waals surface area contributed by atoms with E-state index in [0.29, 0.717) is 11.6 Å². The molecule has 0 saturated heterocycles. The maximum absolute atomic E-state index is 12.5. The first-order valence-electron chi connectivity index (χ1n) is 8.17. The number of carbonyl (C=O) groups excluding carboxylic acids is 1. The van der Waals surface area contributed by atoms with E-state index < -0.39 is 12.0 Å². The topological polar surface area (TPSA) is 84.2 Å². The van der Waals surface area contributed by atoms with E-state index in [0.717, 1.165) is 50.9 Å². The van der Waals surface area contributed by atoms with Gasteiger partial charge >= 0.3 is 5.97 Å². The number of amides is 1. The van der Waals surface area contributed by atoms with Crippen LogP contribution in [0, 0.1) is 5.92 Å². The molecule has 2 atom stereocenters. The highest BCUT2D eigenvalue weighted by Crippen LogP contribution is 2.29. The van der Waals surface area contributed by atoms with E-state index in [9.17, 15) is 14.7 Å². The molecule has 1 unspecified atom stereocenters. The van der Waals surface area contributed by atoms with Crippen LogP contribution in [0.4, 0.5) is 0 Å². The highest BCUT2D eigenvalue weighted by Gasteiger charge is 2.33. The molecule has 6 nitrogen and oxygen atoms in total. The van der Waals surface area contributed by atoms with Crippen LogP contribution in [-0.4, -0.2) is 32.6 Å². The van der Waals surface area contributed by atoms with Gasteiger partial charge in [0.2, 0.25) is 0 Å². The molecule has 0 bridgehead atoms. The summed E-state index contributed by atoms with van der Waals surface area (Å²) in [6, 6.07) is -0.790. The van der Waals surface area contributed by atoms with Gasteiger partial charge < -0.3 is 15.0 Å². The molecule has 1 aromatic heterocycles. The van der Waals surface area contributed by atoms with Gasteiger partial charge in [0.15, 0.2) is 0 Å². The largest absolute Gasteiger partial charge is 0.480 e. The van der Waals surface area contributed by atoms with Gasteiger partial charge in [0.25, 0.3) is 5.91 Å². The second-order valence-electron chi connectivity index (χ2n) is 6.53. The van der Waals surface area contributed by atoms with Crippen LogP contribution in [0.5, 0.6) is 0 Å². The monoisotopic (exact) mass is 305 g/mol. The number of nitrogens with one attached hydrogen (secondary N) is 1. The van der Waals surface area contributed by atoms with Crippen molar-refractivity contribution >= 4 is 11.9 Å². The van der Waals surface area contributed by atoms with Gasteiger partial charge in [-0.15, -0.1) is 0 Å². The number of aromatic nitrogens is 2. The molecule has 1 fully saturated rings. The first kappa shape index (κ1) is 15.1. The standard InChI is InChI=1S/C16H23N3O3/c1-10-5-4-8-19-12(9-17-14(10)19)15(20)18-13(16(21)22)11-6-2-3-7-11/h9-11,13H,2-8H2,1H3,(H,18,20)(H,21,22)/t10?,13-/m1/s1. The van der Waals surface area contributed by atoms with Gasteiger partial charge in [0.1, 0.15) is 17.6 Å². The zero-order valence-corrected chi connectivity index (χ0v) is 12.9. The Morgan fingerprint density at radius 2 is 2.05 bits per heavy atom. The smallest absolute Gasteiger partial charge is 0.326 e. The Morgan fingerprint density at radius 3 is 2.73 bits per heavy atom. The lowest BCUT2D eigenvalue weighted by Gasteiger charge is -2.23. The predicted octanol–water partition coefficient (Wildman–Crippen LogP) is 2.15. The number of rotatable bonds is 4. The number of carboxylic acid groups (broad SMARTS) is 1. The molecular weight excluding hydrogens is 282 g/mol. The molecular formula is C16H23N3O3. The van der Waals surface area contributed by atoms with E-state index in [1.54, 1.807) is 6.20 Å². The highest BCUT2D eigenvalue weighted by atomic mass is 16.4. The fourth-order valence-corrected chi connectivity index (χ4v) is 3.77. The third-order valence-electron chi connectivity index (χ3n) is 5.00. The van der Waals surface area contributed by atoms with E-state index in [2.05, 4.69) is 17.2 Å². The van der Waals surface area contributed by atoms with Crippen LogP contribution in [0.1, 0.15) is 67.7 Å². The van der Waals surface area contributed by atoms with Gasteiger partial charge in [-0.05, 0) is 31.6 Å². The molecule has 6 heteroatoms. The summed E-state index contributed by atoms with van der Waals surface area (Å²) in [5, 5.41) is 12.1. The normalized spacial score (nSPS) is 23.0. The van der Waals surface area contributed by atoms with Crippen molar-refractivity contribution in [1.29, 1.82) is 0 Å². The fourth-order valence-electron chi connectivity index (χ4n) is 3.77. The van der Waals surface area contributed by atoms with Gasteiger partial charge in [0.05, 0.1) is 6.20 Å². The minimum absolute atomic E-state index is 0.0455. The molecule has 22 heavy (non-hydrogen) atoms. The zero-order valence-electron chi connectivity index (χ0n) is 12.9. The number of imidazole rings is 1. The van der Waals surface area contributed by atoms with E-state index in [4.69, 9.17) is 0 Å². The minimum Gasteiger partial charge on any atom is -0.480 e. The van der Waals surface area contributed by atoms with Gasteiger partial charge in [-0.2, -0.15) is 0 Å². The van der Waals surface area contributed by atoms with Crippen LogP contribution >= 0.6 is 0 Å². The van der Waals surface area contributed by atoms with Crippen molar-refractivity contribution in [3.05, 3.63) is 17.7 Å². The summed E-state index contributed by atoms with van der Waals surface area (Å²) < 4.78 is 1.94. The second kappa shape index (κ2) is 6.10. The fraction of sp³-hybridized carbons (Fsp3) is 0.688. The van der Waals surface area contributed by atoms with E-state index in [1.807, 2.05) is 4.57 Å². The number of hydrogen-bond acceptors (Lipinski definition) is 3. The first-order valence-corrected chi connectivity index (χ1v) is 8.17. The van der Waals surface area contributed by atoms with Crippen molar-refractivity contribution < 1.29 is 14.7 Å². The van der Waals surface area contributed by atoms with Crippen molar-refractivity contribution in [1.82, 2.24) is 14.9 Å². The number of nitrogens with zero attached hydrogens (tertiary/aromatic N) is 2. The Morgan fingerprint density at radius 1 is 1.32 bits per heavy atom. The maximum atomic E-state index is 12.5. The molecule has 120 valence electrons. The molecule has 2 N–H and O–H groups in total. The highest BCUT2D eigenvalue weighted by molar-refractivity contribution is 5.95. The number of carboxylic acids is 1. The van der Waals surface area contributed by atoms with Crippen molar-refractivity contribution in [2.45, 2.75) is 64.0 Å². The van der Waals surface area contributed by atoms with Crippen LogP contribution in [0.25, 0.3) is 0 Å². The van der Waals surface area contributed by atoms with Crippen molar-refractivity contribution in [2.24, 2.45) is 5.92 Å². The number of aliphatic carboxylic acids is 1. The average molecular weight is 305 g/mol. The summed E-state index contributed by atoms with van der Waals surface area (Å²) >= 11 is 0. The second-order valence-corrected chi connectivity index (χ2v) is 6.53. The lowest BCUT2D eigenvalue weighted by molar-refractivity contribution is -0.140. The zero-order chi connectivity index (χ0) is 15.7. The number of carbonyl (C=O) groups is 2. The molecule has 1 aromatic rings. The van der Waals surface area contributed by atoms with Crippen LogP contribution in [0.2, 0.25) is 0 Å². The number of fused-ring (bicyclic) bond motifs is 1. The van der Waals surface area contributed by atoms with Crippen LogP contribution < -0.4 is 5.32 Å². The molecule has 2 heterocycles. The summed E-state index contributed by atoms with van der Waals surface area (Å²) in [4.78, 5) is 28.4. The van der Waals surface area contributed by atoms with E-state index >= 15 is 0 Å². The Labute approximate surface area is 129 Å². The van der Waals surface area contributed by atoms with E-state index in [-0.39, 0.29) is 11.8 Å². The van der Waals surface area contributed by atoms with Gasteiger partial charge in [-0.25, -0.2) is 9.78 Å². The van der Waals surface area contributed by atoms with Crippen molar-refractivity contribution in [2.75, 3.05) is 0 Å². The van der Waals surface area contributed by atoms with Gasteiger partial charge in [0, 0.05) is 12.5 Å². The molecule has 2 aliphatic rings. The summed E-state index contributed by atoms with van der Waals surface area (Å²) in [6.07, 6.45) is 7.53. The minimum atomic E-state index is -0.938. The SMILES string of the molecule is CC1CCCn2c(C(=O)N[C@@H](C(=O)O)C3CCCC3)cnc21. The average Bonchev–Trinajstić information content (AvgIpc) is 3.14. The van der Waals surface area contributed by atoms with Crippen LogP contribution in [0.3, 0.4) is 0 Å². The molecule has 0 aromatic carbocycles. The molecule has 0 radical (unpaired) electrons. The summed E-state index contributed by atoms with van der Waals surface area (Å²) in [5.41, 5.74) is 0.491. The van der Waals surface area contributed by atoms with Crippen molar-refractivity contribution in [3.8, 4) is 0 Å². The molecule has 1 aliphatic heterocycles. The molecule has 1 saturated carbocycles. The van der Waals surface area contributed by atoms with Gasteiger partial charge in [-0.1, -0.05) is 19.8 Å². The summed E-state index contributed by atoms with van der Waals surface area (Å²) in [7, 11) is 0. The van der Waals surface area contributed by atoms with Gasteiger partial charge in [-0.3, -0.25) is 4.79 Å². The molecule has 1 aliphatic carbocycles. The number of hydrogen-bond donors (Lipinski definition) is 2. The Balaban J connectivity index is 1.77. The van der Waals surface area contributed by atoms with Crippen LogP contribution in [0.15, 0.2) is 6.20 Å². The Hall–Kier alpha value is -1.85. The predicted molar refractivity (Wildman–Crippen MR) is 80.7 cm³/mol.